The number of carbonyl (C=O) groups excluding carboxylic acids is 1. The second-order valence-corrected chi connectivity index (χ2v) is 7.01. The molecule has 2 aromatic rings. The van der Waals surface area contributed by atoms with Crippen molar-refractivity contribution in [3.8, 4) is 11.4 Å². The number of halogens is 1. The zero-order valence-corrected chi connectivity index (χ0v) is 14.3. The van der Waals surface area contributed by atoms with Gasteiger partial charge >= 0.3 is 6.09 Å². The van der Waals surface area contributed by atoms with Crippen LogP contribution in [-0.4, -0.2) is 37.4 Å². The molecule has 0 saturated carbocycles. The third kappa shape index (κ3) is 3.25. The molecule has 0 N–H and O–H groups in total. The summed E-state index contributed by atoms with van der Waals surface area (Å²) in [4.78, 5) is 14.0. The van der Waals surface area contributed by atoms with Gasteiger partial charge in [-0.2, -0.15) is 0 Å². The number of aromatic nitrogens is 3. The fourth-order valence-electron chi connectivity index (χ4n) is 2.69. The Kier molecular flexibility index (Phi) is 4.03. The van der Waals surface area contributed by atoms with Gasteiger partial charge in [0.1, 0.15) is 11.4 Å². The highest BCUT2D eigenvalue weighted by atomic mass is 19.1. The molecule has 1 aliphatic rings. The van der Waals surface area contributed by atoms with Gasteiger partial charge in [-0.3, -0.25) is 4.90 Å². The number of amides is 1. The predicted octanol–water partition coefficient (Wildman–Crippen LogP) is 3.22. The van der Waals surface area contributed by atoms with Crippen LogP contribution in [-0.2, 0) is 17.8 Å². The van der Waals surface area contributed by atoms with E-state index in [0.717, 1.165) is 5.56 Å². The van der Waals surface area contributed by atoms with E-state index in [9.17, 15) is 9.18 Å². The number of hydrogen-bond donors (Lipinski definition) is 0. The minimum atomic E-state index is -0.540. The van der Waals surface area contributed by atoms with Crippen LogP contribution in [0.15, 0.2) is 24.3 Å². The van der Waals surface area contributed by atoms with Crippen molar-refractivity contribution in [3.05, 3.63) is 35.9 Å². The molecule has 3 rings (SSSR count). The van der Waals surface area contributed by atoms with E-state index in [2.05, 4.69) is 10.2 Å². The fraction of sp³-hybridized carbons (Fsp3) is 0.471. The van der Waals surface area contributed by atoms with Crippen LogP contribution in [0.1, 0.15) is 33.5 Å². The first-order chi connectivity index (χ1) is 11.2. The maximum atomic E-state index is 13.1. The Morgan fingerprint density at radius 3 is 2.54 bits per heavy atom. The maximum Gasteiger partial charge on any atom is 0.411 e. The highest BCUT2D eigenvalue weighted by Crippen LogP contribution is 2.25. The molecule has 24 heavy (non-hydrogen) atoms. The molecule has 7 heteroatoms. The van der Waals surface area contributed by atoms with Gasteiger partial charge in [0, 0.05) is 12.1 Å². The van der Waals surface area contributed by atoms with Gasteiger partial charge in [-0.15, -0.1) is 10.2 Å². The molecule has 0 fully saturated rings. The average molecular weight is 332 g/mol. The molecule has 1 unspecified atom stereocenters. The standard InChI is InChI=1S/C17H21FN4O2/c1-11-9-22-14(10-21(11)16(23)24-17(2,3)4)19-20-15(22)12-5-7-13(18)8-6-12/h5-8,11H,9-10H2,1-4H3. The summed E-state index contributed by atoms with van der Waals surface area (Å²) < 4.78 is 20.5. The minimum absolute atomic E-state index is 0.0532. The highest BCUT2D eigenvalue weighted by molar-refractivity contribution is 5.68. The lowest BCUT2D eigenvalue weighted by Crippen LogP contribution is -2.47. The molecule has 1 aliphatic heterocycles. The summed E-state index contributed by atoms with van der Waals surface area (Å²) in [5.41, 5.74) is 0.259. The van der Waals surface area contributed by atoms with Crippen LogP contribution in [0, 0.1) is 5.82 Å². The van der Waals surface area contributed by atoms with E-state index in [0.29, 0.717) is 24.7 Å². The number of rotatable bonds is 1. The Balaban J connectivity index is 1.85. The summed E-state index contributed by atoms with van der Waals surface area (Å²) >= 11 is 0. The van der Waals surface area contributed by atoms with Crippen LogP contribution in [0.3, 0.4) is 0 Å². The van der Waals surface area contributed by atoms with E-state index in [1.807, 2.05) is 32.3 Å². The van der Waals surface area contributed by atoms with Gasteiger partial charge in [-0.1, -0.05) is 0 Å². The molecule has 2 heterocycles. The first-order valence-electron chi connectivity index (χ1n) is 7.92. The first-order valence-corrected chi connectivity index (χ1v) is 7.92. The molecule has 6 nitrogen and oxygen atoms in total. The lowest BCUT2D eigenvalue weighted by atomic mass is 10.1. The third-order valence-electron chi connectivity index (χ3n) is 3.85. The smallest absolute Gasteiger partial charge is 0.411 e. The van der Waals surface area contributed by atoms with E-state index >= 15 is 0 Å². The summed E-state index contributed by atoms with van der Waals surface area (Å²) in [7, 11) is 0. The second kappa shape index (κ2) is 5.89. The second-order valence-electron chi connectivity index (χ2n) is 7.01. The Morgan fingerprint density at radius 2 is 1.92 bits per heavy atom. The molecule has 1 aromatic heterocycles. The van der Waals surface area contributed by atoms with Gasteiger partial charge in [0.25, 0.3) is 0 Å². The molecule has 0 bridgehead atoms. The molecule has 0 radical (unpaired) electrons. The topological polar surface area (TPSA) is 60.2 Å². The summed E-state index contributed by atoms with van der Waals surface area (Å²) in [5.74, 6) is 1.08. The zero-order valence-electron chi connectivity index (χ0n) is 14.3. The normalized spacial score (nSPS) is 17.5. The van der Waals surface area contributed by atoms with Gasteiger partial charge in [0.15, 0.2) is 11.6 Å². The summed E-state index contributed by atoms with van der Waals surface area (Å²) in [6.07, 6.45) is -0.354. The van der Waals surface area contributed by atoms with Crippen molar-refractivity contribution < 1.29 is 13.9 Å². The van der Waals surface area contributed by atoms with Crippen molar-refractivity contribution in [3.63, 3.8) is 0 Å². The lowest BCUT2D eigenvalue weighted by molar-refractivity contribution is 0.00942. The van der Waals surface area contributed by atoms with Crippen LogP contribution >= 0.6 is 0 Å². The van der Waals surface area contributed by atoms with Crippen molar-refractivity contribution in [2.24, 2.45) is 0 Å². The number of fused-ring (bicyclic) bond motifs is 1. The van der Waals surface area contributed by atoms with Crippen molar-refractivity contribution in [2.75, 3.05) is 0 Å². The van der Waals surface area contributed by atoms with E-state index in [1.165, 1.54) is 12.1 Å². The molecule has 128 valence electrons. The molecule has 1 amide bonds. The summed E-state index contributed by atoms with van der Waals surface area (Å²) in [6.45, 7) is 8.39. The Labute approximate surface area is 140 Å². The predicted molar refractivity (Wildman–Crippen MR) is 86.7 cm³/mol. The first kappa shape index (κ1) is 16.4. The van der Waals surface area contributed by atoms with Crippen molar-refractivity contribution >= 4 is 6.09 Å². The van der Waals surface area contributed by atoms with Gasteiger partial charge in [-0.25, -0.2) is 9.18 Å². The Morgan fingerprint density at radius 1 is 1.25 bits per heavy atom. The lowest BCUT2D eigenvalue weighted by Gasteiger charge is -2.35. The number of hydrogen-bond acceptors (Lipinski definition) is 4. The summed E-state index contributed by atoms with van der Waals surface area (Å²) in [5, 5.41) is 8.40. The third-order valence-corrected chi connectivity index (χ3v) is 3.85. The fourth-order valence-corrected chi connectivity index (χ4v) is 2.69. The zero-order chi connectivity index (χ0) is 17.5. The van der Waals surface area contributed by atoms with E-state index in [4.69, 9.17) is 4.74 Å². The number of benzene rings is 1. The van der Waals surface area contributed by atoms with Crippen molar-refractivity contribution in [2.45, 2.75) is 52.4 Å². The molecule has 0 aliphatic carbocycles. The van der Waals surface area contributed by atoms with Gasteiger partial charge < -0.3 is 9.30 Å². The van der Waals surface area contributed by atoms with Crippen molar-refractivity contribution in [1.82, 2.24) is 19.7 Å². The van der Waals surface area contributed by atoms with Gasteiger partial charge in [-0.05, 0) is 52.0 Å². The maximum absolute atomic E-state index is 13.1. The van der Waals surface area contributed by atoms with Crippen molar-refractivity contribution in [1.29, 1.82) is 0 Å². The molecule has 1 aromatic carbocycles. The van der Waals surface area contributed by atoms with Crippen LogP contribution < -0.4 is 0 Å². The largest absolute Gasteiger partial charge is 0.444 e. The number of ether oxygens (including phenoxy) is 1. The average Bonchev–Trinajstić information content (AvgIpc) is 2.88. The van der Waals surface area contributed by atoms with Crippen LogP contribution in [0.5, 0.6) is 0 Å². The molecule has 1 atom stereocenters. The molecule has 0 saturated heterocycles. The van der Waals surface area contributed by atoms with Gasteiger partial charge in [0.05, 0.1) is 12.6 Å². The highest BCUT2D eigenvalue weighted by Gasteiger charge is 2.32. The van der Waals surface area contributed by atoms with Crippen LogP contribution in [0.2, 0.25) is 0 Å². The summed E-state index contributed by atoms with van der Waals surface area (Å²) in [6, 6.07) is 6.10. The monoisotopic (exact) mass is 332 g/mol. The van der Waals surface area contributed by atoms with Crippen LogP contribution in [0.25, 0.3) is 11.4 Å². The van der Waals surface area contributed by atoms with Crippen LogP contribution in [0.4, 0.5) is 9.18 Å². The van der Waals surface area contributed by atoms with E-state index in [1.54, 1.807) is 17.0 Å². The van der Waals surface area contributed by atoms with Gasteiger partial charge in [0.2, 0.25) is 0 Å². The molecular weight excluding hydrogens is 311 g/mol. The molecular formula is C17H21FN4O2. The quantitative estimate of drug-likeness (QED) is 0.804. The SMILES string of the molecule is CC1Cn2c(nnc2-c2ccc(F)cc2)CN1C(=O)OC(C)(C)C. The minimum Gasteiger partial charge on any atom is -0.444 e. The molecule has 0 spiro atoms. The van der Waals surface area contributed by atoms with E-state index < -0.39 is 5.60 Å². The number of nitrogens with zero attached hydrogens (tertiary/aromatic N) is 4. The Hall–Kier alpha value is -2.44. The number of carbonyl (C=O) groups is 1. The van der Waals surface area contributed by atoms with E-state index in [-0.39, 0.29) is 18.0 Å². The Bertz CT molecular complexity index is 749.